The molecular weight excluding hydrogens is 512 g/mol. The van der Waals surface area contributed by atoms with Crippen molar-refractivity contribution in [1.82, 2.24) is 0 Å². The third kappa shape index (κ3) is 4.36. The predicted molar refractivity (Wildman–Crippen MR) is 117 cm³/mol. The lowest BCUT2D eigenvalue weighted by molar-refractivity contribution is 0.544. The predicted octanol–water partition coefficient (Wildman–Crippen LogP) is 8.62. The highest BCUT2D eigenvalue weighted by Crippen LogP contribution is 2.49. The first-order chi connectivity index (χ1) is 14.3. The molecule has 0 radical (unpaired) electrons. The van der Waals surface area contributed by atoms with E-state index >= 15 is 8.78 Å². The average Bonchev–Trinajstić information content (AvgIpc) is 2.71. The van der Waals surface area contributed by atoms with Gasteiger partial charge in [0.25, 0.3) is 0 Å². The minimum Gasteiger partial charge on any atom is -0.204 e. The summed E-state index contributed by atoms with van der Waals surface area (Å²) in [7, 11) is 0. The van der Waals surface area contributed by atoms with Crippen molar-refractivity contribution < 1.29 is 8.78 Å². The highest BCUT2D eigenvalue weighted by atomic mass is 35.5. The second-order valence-corrected chi connectivity index (χ2v) is 9.24. The van der Waals surface area contributed by atoms with Crippen molar-refractivity contribution in [2.24, 2.45) is 0 Å². The van der Waals surface area contributed by atoms with Gasteiger partial charge in [0.2, 0.25) is 0 Å². The van der Waals surface area contributed by atoms with Crippen LogP contribution in [0.2, 0.25) is 20.1 Å². The van der Waals surface area contributed by atoms with Crippen LogP contribution in [0.1, 0.15) is 11.1 Å². The van der Waals surface area contributed by atoms with Gasteiger partial charge < -0.3 is 0 Å². The van der Waals surface area contributed by atoms with E-state index < -0.39 is 22.8 Å². The van der Waals surface area contributed by atoms with Gasteiger partial charge in [-0.1, -0.05) is 82.1 Å². The third-order valence-electron chi connectivity index (χ3n) is 3.76. The summed E-state index contributed by atoms with van der Waals surface area (Å²) in [5, 5.41) is 19.5. The number of benzene rings is 3. The van der Waals surface area contributed by atoms with E-state index in [2.05, 4.69) is 0 Å². The Balaban J connectivity index is 2.31. The topological polar surface area (TPSA) is 47.6 Å². The van der Waals surface area contributed by atoms with E-state index in [0.717, 1.165) is 23.5 Å². The molecule has 0 bridgehead atoms. The molecular formula is C20H6Cl4F2N2S2. The van der Waals surface area contributed by atoms with Crippen LogP contribution in [0.4, 0.5) is 8.78 Å². The fourth-order valence-electron chi connectivity index (χ4n) is 2.40. The first-order valence-corrected chi connectivity index (χ1v) is 11.0. The second kappa shape index (κ2) is 9.66. The molecule has 10 heteroatoms. The summed E-state index contributed by atoms with van der Waals surface area (Å²) in [4.78, 5) is -0.00209. The molecule has 0 aromatic heterocycles. The Bertz CT molecular complexity index is 1120. The Hall–Kier alpha value is -1.64. The number of hydrogen-bond donors (Lipinski definition) is 0. The quantitative estimate of drug-likeness (QED) is 0.347. The molecule has 0 amide bonds. The maximum absolute atomic E-state index is 15.3. The monoisotopic (exact) mass is 516 g/mol. The van der Waals surface area contributed by atoms with E-state index in [4.69, 9.17) is 46.4 Å². The molecule has 0 aliphatic heterocycles. The van der Waals surface area contributed by atoms with Gasteiger partial charge >= 0.3 is 0 Å². The van der Waals surface area contributed by atoms with Crippen LogP contribution >= 0.6 is 69.9 Å². The third-order valence-corrected chi connectivity index (χ3v) is 8.06. The van der Waals surface area contributed by atoms with Crippen LogP contribution in [-0.2, 0) is 0 Å². The zero-order valence-corrected chi connectivity index (χ0v) is 19.1. The normalized spacial score (nSPS) is 10.5. The van der Waals surface area contributed by atoms with Crippen LogP contribution in [-0.4, -0.2) is 0 Å². The van der Waals surface area contributed by atoms with Gasteiger partial charge in [-0.05, 0) is 24.3 Å². The van der Waals surface area contributed by atoms with Crippen molar-refractivity contribution in [2.75, 3.05) is 0 Å². The fraction of sp³-hybridized carbons (Fsp3) is 0. The van der Waals surface area contributed by atoms with Crippen molar-refractivity contribution in [1.29, 1.82) is 10.5 Å². The van der Waals surface area contributed by atoms with Gasteiger partial charge in [-0.2, -0.15) is 10.5 Å². The van der Waals surface area contributed by atoms with Crippen molar-refractivity contribution in [3.63, 3.8) is 0 Å². The molecule has 0 fully saturated rings. The molecule has 0 N–H and O–H groups in total. The lowest BCUT2D eigenvalue weighted by Crippen LogP contribution is -2.02. The standard InChI is InChI=1S/C20H6Cl4F2N2S2/c21-11-3-1-4-12(22)17(11)29-19-15(25)9(7-27)10(8-28)16(26)20(19)30-18-13(23)5-2-6-14(18)24/h1-6H. The van der Waals surface area contributed by atoms with Crippen LogP contribution in [0.3, 0.4) is 0 Å². The molecule has 0 unspecified atom stereocenters. The van der Waals surface area contributed by atoms with Gasteiger partial charge in [0.15, 0.2) is 11.6 Å². The first kappa shape index (κ1) is 23.0. The largest absolute Gasteiger partial charge is 0.204 e. The van der Waals surface area contributed by atoms with Gasteiger partial charge in [0.1, 0.15) is 23.3 Å². The summed E-state index contributed by atoms with van der Waals surface area (Å²) < 4.78 is 30.6. The van der Waals surface area contributed by atoms with E-state index in [1.807, 2.05) is 0 Å². The number of nitrogens with zero attached hydrogens (tertiary/aromatic N) is 2. The molecule has 150 valence electrons. The zero-order valence-electron chi connectivity index (χ0n) is 14.4. The molecule has 0 atom stereocenters. The molecule has 0 aliphatic rings. The molecule has 30 heavy (non-hydrogen) atoms. The van der Waals surface area contributed by atoms with E-state index in [0.29, 0.717) is 0 Å². The van der Waals surface area contributed by atoms with Crippen LogP contribution < -0.4 is 0 Å². The SMILES string of the molecule is N#Cc1c(F)c(Sc2c(Cl)cccc2Cl)c(Sc2c(Cl)cccc2Cl)c(F)c1C#N. The molecule has 0 heterocycles. The highest BCUT2D eigenvalue weighted by molar-refractivity contribution is 8.02. The summed E-state index contributed by atoms with van der Waals surface area (Å²) in [6.07, 6.45) is 0. The van der Waals surface area contributed by atoms with E-state index in [1.54, 1.807) is 24.3 Å². The summed E-state index contributed by atoms with van der Waals surface area (Å²) >= 11 is 26.2. The molecule has 0 aliphatic carbocycles. The number of nitriles is 2. The average molecular weight is 518 g/mol. The lowest BCUT2D eigenvalue weighted by Gasteiger charge is -2.16. The maximum Gasteiger partial charge on any atom is 0.157 e. The number of rotatable bonds is 4. The summed E-state index contributed by atoms with van der Waals surface area (Å²) in [6.45, 7) is 0. The molecule has 3 aromatic rings. The fourth-order valence-corrected chi connectivity index (χ4v) is 5.73. The van der Waals surface area contributed by atoms with Crippen LogP contribution in [0, 0.1) is 34.3 Å². The molecule has 3 rings (SSSR count). The van der Waals surface area contributed by atoms with Crippen molar-refractivity contribution in [2.45, 2.75) is 19.6 Å². The number of halogens is 6. The Morgan fingerprint density at radius 1 is 0.600 bits per heavy atom. The molecule has 2 nitrogen and oxygen atoms in total. The lowest BCUT2D eigenvalue weighted by atomic mass is 10.1. The Morgan fingerprint density at radius 3 is 1.17 bits per heavy atom. The molecule has 0 spiro atoms. The first-order valence-electron chi connectivity index (χ1n) is 7.89. The molecule has 0 saturated carbocycles. The van der Waals surface area contributed by atoms with E-state index in [-0.39, 0.29) is 39.7 Å². The van der Waals surface area contributed by atoms with E-state index in [1.165, 1.54) is 24.3 Å². The Kier molecular flexibility index (Phi) is 7.42. The van der Waals surface area contributed by atoms with Gasteiger partial charge in [-0.15, -0.1) is 0 Å². The minimum absolute atomic E-state index is 0.210. The van der Waals surface area contributed by atoms with Crippen molar-refractivity contribution >= 4 is 69.9 Å². The van der Waals surface area contributed by atoms with E-state index in [9.17, 15) is 10.5 Å². The van der Waals surface area contributed by atoms with Crippen molar-refractivity contribution in [3.05, 3.63) is 79.3 Å². The van der Waals surface area contributed by atoms with Crippen LogP contribution in [0.15, 0.2) is 56.0 Å². The van der Waals surface area contributed by atoms with Crippen LogP contribution in [0.25, 0.3) is 0 Å². The van der Waals surface area contributed by atoms with Crippen LogP contribution in [0.5, 0.6) is 0 Å². The summed E-state index contributed by atoms with van der Waals surface area (Å²) in [6, 6.07) is 12.4. The van der Waals surface area contributed by atoms with Gasteiger partial charge in [-0.3, -0.25) is 0 Å². The Morgan fingerprint density at radius 2 is 0.900 bits per heavy atom. The molecule has 0 saturated heterocycles. The minimum atomic E-state index is -1.07. The maximum atomic E-state index is 15.3. The van der Waals surface area contributed by atoms with Gasteiger partial charge in [-0.25, -0.2) is 8.78 Å². The summed E-state index contributed by atoms with van der Waals surface area (Å²) in [5.41, 5.74) is -1.43. The molecule has 3 aromatic carbocycles. The van der Waals surface area contributed by atoms with Gasteiger partial charge in [0.05, 0.1) is 29.9 Å². The van der Waals surface area contributed by atoms with Gasteiger partial charge in [0, 0.05) is 9.79 Å². The zero-order chi connectivity index (χ0) is 22.0. The smallest absolute Gasteiger partial charge is 0.157 e. The second-order valence-electron chi connectivity index (χ2n) is 5.57. The summed E-state index contributed by atoms with van der Waals surface area (Å²) in [5.74, 6) is -2.13. The van der Waals surface area contributed by atoms with Crippen molar-refractivity contribution in [3.8, 4) is 12.1 Å². The highest BCUT2D eigenvalue weighted by Gasteiger charge is 2.28. The number of hydrogen-bond acceptors (Lipinski definition) is 4. The Labute approximate surface area is 199 Å².